The molecule has 0 spiro atoms. The first-order valence-corrected chi connectivity index (χ1v) is 14.9. The lowest BCUT2D eigenvalue weighted by Gasteiger charge is -2.37. The minimum atomic E-state index is 0.111. The molecule has 1 aliphatic rings. The SMILES string of the molecule is CN[C@H]1CC[C@H](N(Cc2cc(-c3ccc(OC)cc3)ccc2OC)C(=O)c2sc3ccccc3c2I)CC1. The number of rotatable bonds is 8. The zero-order valence-corrected chi connectivity index (χ0v) is 25.0. The van der Waals surface area contributed by atoms with Crippen LogP contribution in [0.5, 0.6) is 11.5 Å². The van der Waals surface area contributed by atoms with E-state index in [1.807, 2.05) is 37.4 Å². The molecule has 1 aromatic heterocycles. The van der Waals surface area contributed by atoms with Crippen molar-refractivity contribution in [1.29, 1.82) is 0 Å². The molecule has 1 amide bonds. The van der Waals surface area contributed by atoms with Crippen LogP contribution in [0.15, 0.2) is 66.7 Å². The zero-order chi connectivity index (χ0) is 26.6. The van der Waals surface area contributed by atoms with Gasteiger partial charge in [0.25, 0.3) is 5.91 Å². The third-order valence-corrected chi connectivity index (χ3v) is 10.2. The number of carbonyl (C=O) groups is 1. The normalized spacial score (nSPS) is 17.4. The molecule has 0 saturated heterocycles. The molecule has 0 unspecified atom stereocenters. The molecule has 4 aromatic rings. The van der Waals surface area contributed by atoms with Crippen LogP contribution in [0.4, 0.5) is 0 Å². The summed E-state index contributed by atoms with van der Waals surface area (Å²) in [6.07, 6.45) is 4.10. The number of halogens is 1. The Morgan fingerprint density at radius 1 is 0.974 bits per heavy atom. The van der Waals surface area contributed by atoms with Gasteiger partial charge < -0.3 is 19.7 Å². The van der Waals surface area contributed by atoms with Gasteiger partial charge in [0.15, 0.2) is 0 Å². The van der Waals surface area contributed by atoms with Gasteiger partial charge in [-0.15, -0.1) is 11.3 Å². The fourth-order valence-electron chi connectivity index (χ4n) is 5.37. The first-order valence-electron chi connectivity index (χ1n) is 13.0. The number of fused-ring (bicyclic) bond motifs is 1. The molecule has 3 aromatic carbocycles. The summed E-state index contributed by atoms with van der Waals surface area (Å²) < 4.78 is 13.3. The first-order chi connectivity index (χ1) is 18.5. The maximum atomic E-state index is 14.3. The Hall–Kier alpha value is -2.62. The topological polar surface area (TPSA) is 50.8 Å². The number of methoxy groups -OCH3 is 2. The van der Waals surface area contributed by atoms with Crippen LogP contribution >= 0.6 is 33.9 Å². The van der Waals surface area contributed by atoms with E-state index in [2.05, 4.69) is 69.2 Å². The van der Waals surface area contributed by atoms with Crippen LogP contribution in [0.25, 0.3) is 21.2 Å². The molecule has 198 valence electrons. The third-order valence-electron chi connectivity index (χ3n) is 7.58. The maximum Gasteiger partial charge on any atom is 0.265 e. The fraction of sp³-hybridized carbons (Fsp3) is 0.323. The van der Waals surface area contributed by atoms with Crippen molar-refractivity contribution in [3.63, 3.8) is 0 Å². The van der Waals surface area contributed by atoms with Crippen molar-refractivity contribution in [1.82, 2.24) is 10.2 Å². The van der Waals surface area contributed by atoms with Crippen molar-refractivity contribution in [2.45, 2.75) is 44.3 Å². The van der Waals surface area contributed by atoms with Gasteiger partial charge in [0, 0.05) is 37.8 Å². The van der Waals surface area contributed by atoms with E-state index in [9.17, 15) is 4.79 Å². The number of thiophene rings is 1. The molecular formula is C31H33IN2O3S. The summed E-state index contributed by atoms with van der Waals surface area (Å²) in [6.45, 7) is 0.505. The molecule has 5 rings (SSSR count). The number of benzene rings is 3. The second-order valence-corrected chi connectivity index (χ2v) is 11.9. The molecule has 1 fully saturated rings. The summed E-state index contributed by atoms with van der Waals surface area (Å²) >= 11 is 3.94. The number of hydrogen-bond donors (Lipinski definition) is 1. The molecule has 0 bridgehead atoms. The molecule has 5 nitrogen and oxygen atoms in total. The molecule has 7 heteroatoms. The lowest BCUT2D eigenvalue weighted by atomic mass is 9.89. The van der Waals surface area contributed by atoms with E-state index in [4.69, 9.17) is 9.47 Å². The van der Waals surface area contributed by atoms with Gasteiger partial charge in [0.2, 0.25) is 0 Å². The number of carbonyl (C=O) groups excluding carboxylic acids is 1. The van der Waals surface area contributed by atoms with E-state index in [1.54, 1.807) is 25.6 Å². The molecule has 1 N–H and O–H groups in total. The monoisotopic (exact) mass is 640 g/mol. The number of nitrogens with one attached hydrogen (secondary N) is 1. The second-order valence-electron chi connectivity index (χ2n) is 9.72. The number of nitrogens with zero attached hydrogens (tertiary/aromatic N) is 1. The summed E-state index contributed by atoms with van der Waals surface area (Å²) in [5.74, 6) is 1.74. The van der Waals surface area contributed by atoms with Crippen LogP contribution in [-0.2, 0) is 6.54 Å². The average molecular weight is 641 g/mol. The number of ether oxygens (including phenoxy) is 2. The maximum absolute atomic E-state index is 14.3. The minimum Gasteiger partial charge on any atom is -0.497 e. The van der Waals surface area contributed by atoms with E-state index >= 15 is 0 Å². The number of hydrogen-bond acceptors (Lipinski definition) is 5. The van der Waals surface area contributed by atoms with Crippen molar-refractivity contribution < 1.29 is 14.3 Å². The van der Waals surface area contributed by atoms with Gasteiger partial charge >= 0.3 is 0 Å². The standard InChI is InChI=1S/C31H33IN2O3S/c1-33-23-11-13-24(14-12-23)34(31(35)30-29(32)26-6-4-5-7-28(26)38-30)19-22-18-21(10-17-27(22)37-3)20-8-15-25(36-2)16-9-20/h4-10,15-18,23-24,33H,11-14,19H2,1-3H3/t23-,24-. The highest BCUT2D eigenvalue weighted by atomic mass is 127. The van der Waals surface area contributed by atoms with Crippen molar-refractivity contribution in [3.05, 3.63) is 80.7 Å². The van der Waals surface area contributed by atoms with Gasteiger partial charge in [-0.2, -0.15) is 0 Å². The Morgan fingerprint density at radius 3 is 2.34 bits per heavy atom. The molecule has 1 aliphatic carbocycles. The Bertz CT molecular complexity index is 1410. The summed E-state index contributed by atoms with van der Waals surface area (Å²) in [6, 6.07) is 23.3. The smallest absolute Gasteiger partial charge is 0.265 e. The molecule has 1 saturated carbocycles. The van der Waals surface area contributed by atoms with Crippen molar-refractivity contribution >= 4 is 49.9 Å². The molecule has 0 atom stereocenters. The summed E-state index contributed by atoms with van der Waals surface area (Å²) in [5.41, 5.74) is 3.20. The first kappa shape index (κ1) is 27.0. The highest BCUT2D eigenvalue weighted by molar-refractivity contribution is 14.1. The van der Waals surface area contributed by atoms with Crippen LogP contribution in [0.2, 0.25) is 0 Å². The average Bonchev–Trinajstić information content (AvgIpc) is 3.32. The highest BCUT2D eigenvalue weighted by Crippen LogP contribution is 2.36. The van der Waals surface area contributed by atoms with Crippen LogP contribution in [0.1, 0.15) is 40.9 Å². The van der Waals surface area contributed by atoms with Crippen LogP contribution < -0.4 is 14.8 Å². The predicted octanol–water partition coefficient (Wildman–Crippen LogP) is 7.36. The molecule has 0 aliphatic heterocycles. The Morgan fingerprint density at radius 2 is 1.68 bits per heavy atom. The second kappa shape index (κ2) is 12.1. The van der Waals surface area contributed by atoms with Crippen molar-refractivity contribution in [3.8, 4) is 22.6 Å². The van der Waals surface area contributed by atoms with E-state index < -0.39 is 0 Å². The number of amides is 1. The van der Waals surface area contributed by atoms with Gasteiger partial charge in [-0.25, -0.2) is 0 Å². The van der Waals surface area contributed by atoms with Gasteiger partial charge in [0.1, 0.15) is 16.4 Å². The predicted molar refractivity (Wildman–Crippen MR) is 165 cm³/mol. The highest BCUT2D eigenvalue weighted by Gasteiger charge is 2.32. The van der Waals surface area contributed by atoms with Crippen LogP contribution in [0, 0.1) is 3.57 Å². The lowest BCUT2D eigenvalue weighted by molar-refractivity contribution is 0.0603. The van der Waals surface area contributed by atoms with E-state index in [1.165, 1.54) is 0 Å². The van der Waals surface area contributed by atoms with Crippen LogP contribution in [-0.4, -0.2) is 44.2 Å². The van der Waals surface area contributed by atoms with Crippen molar-refractivity contribution in [2.75, 3.05) is 21.3 Å². The largest absolute Gasteiger partial charge is 0.497 e. The van der Waals surface area contributed by atoms with E-state index in [0.29, 0.717) is 12.6 Å². The fourth-order valence-corrected chi connectivity index (χ4v) is 7.64. The lowest BCUT2D eigenvalue weighted by Crippen LogP contribution is -2.44. The Labute approximate surface area is 242 Å². The van der Waals surface area contributed by atoms with E-state index in [0.717, 1.165) is 72.4 Å². The van der Waals surface area contributed by atoms with Crippen LogP contribution in [0.3, 0.4) is 0 Å². The Kier molecular flexibility index (Phi) is 8.55. The minimum absolute atomic E-state index is 0.111. The van der Waals surface area contributed by atoms with Gasteiger partial charge in [0.05, 0.1) is 14.2 Å². The van der Waals surface area contributed by atoms with E-state index in [-0.39, 0.29) is 11.9 Å². The quantitative estimate of drug-likeness (QED) is 0.205. The molecule has 1 heterocycles. The summed E-state index contributed by atoms with van der Waals surface area (Å²) in [5, 5.41) is 4.57. The third kappa shape index (κ3) is 5.55. The molecular weight excluding hydrogens is 607 g/mol. The summed E-state index contributed by atoms with van der Waals surface area (Å²) in [4.78, 5) is 17.2. The zero-order valence-electron chi connectivity index (χ0n) is 22.0. The molecule has 38 heavy (non-hydrogen) atoms. The summed E-state index contributed by atoms with van der Waals surface area (Å²) in [7, 11) is 5.40. The Balaban J connectivity index is 1.51. The van der Waals surface area contributed by atoms with Crippen molar-refractivity contribution in [2.24, 2.45) is 0 Å². The van der Waals surface area contributed by atoms with Gasteiger partial charge in [-0.05, 0) is 96.8 Å². The van der Waals surface area contributed by atoms with Gasteiger partial charge in [-0.1, -0.05) is 36.4 Å². The van der Waals surface area contributed by atoms with Gasteiger partial charge in [-0.3, -0.25) is 4.79 Å². The molecule has 0 radical (unpaired) electrons.